The van der Waals surface area contributed by atoms with Crippen molar-refractivity contribution in [1.82, 2.24) is 15.0 Å². The van der Waals surface area contributed by atoms with Crippen LogP contribution in [0.2, 0.25) is 0 Å². The summed E-state index contributed by atoms with van der Waals surface area (Å²) in [6.45, 7) is -0.375. The smallest absolute Gasteiger partial charge is 0.271 e. The van der Waals surface area contributed by atoms with Crippen molar-refractivity contribution in [3.63, 3.8) is 0 Å². The van der Waals surface area contributed by atoms with Crippen LogP contribution in [0.25, 0.3) is 11.0 Å². The van der Waals surface area contributed by atoms with E-state index in [0.29, 0.717) is 16.9 Å². The van der Waals surface area contributed by atoms with Crippen molar-refractivity contribution in [1.29, 1.82) is 0 Å². The third-order valence-electron chi connectivity index (χ3n) is 4.14. The van der Waals surface area contributed by atoms with E-state index in [1.807, 2.05) is 0 Å². The maximum Gasteiger partial charge on any atom is 0.271 e. The van der Waals surface area contributed by atoms with Crippen molar-refractivity contribution < 1.29 is 20.1 Å². The molecule has 4 rings (SSSR count). The molecule has 1 fully saturated rings. The highest BCUT2D eigenvalue weighted by molar-refractivity contribution is 6.01. The Morgan fingerprint density at radius 3 is 2.92 bits per heavy atom. The molecular formula is C14H15N5O5. The van der Waals surface area contributed by atoms with Crippen molar-refractivity contribution in [2.45, 2.75) is 31.0 Å². The number of rotatable bonds is 2. The quantitative estimate of drug-likeness (QED) is 0.505. The van der Waals surface area contributed by atoms with Crippen molar-refractivity contribution in [2.24, 2.45) is 0 Å². The fraction of sp³-hybridized carbons (Fsp3) is 0.429. The summed E-state index contributed by atoms with van der Waals surface area (Å²) >= 11 is 0. The molecule has 24 heavy (non-hydrogen) atoms. The van der Waals surface area contributed by atoms with Gasteiger partial charge in [0.05, 0.1) is 23.8 Å². The van der Waals surface area contributed by atoms with Gasteiger partial charge in [0.2, 0.25) is 0 Å². The molecule has 2 aromatic heterocycles. The van der Waals surface area contributed by atoms with Crippen LogP contribution in [0.3, 0.4) is 0 Å². The lowest BCUT2D eigenvalue weighted by molar-refractivity contribution is -0.177. The van der Waals surface area contributed by atoms with E-state index in [1.165, 1.54) is 17.4 Å². The zero-order valence-corrected chi connectivity index (χ0v) is 12.4. The summed E-state index contributed by atoms with van der Waals surface area (Å²) < 4.78 is 5.62. The number of aromatic nitrogens is 3. The van der Waals surface area contributed by atoms with Crippen LogP contribution in [0, 0.1) is 0 Å². The summed E-state index contributed by atoms with van der Waals surface area (Å²) in [4.78, 5) is 23.7. The summed E-state index contributed by atoms with van der Waals surface area (Å²) in [5, 5.41) is 31.5. The van der Waals surface area contributed by atoms with Gasteiger partial charge in [-0.3, -0.25) is 10.2 Å². The van der Waals surface area contributed by atoms with Gasteiger partial charge in [-0.1, -0.05) is 0 Å². The average molecular weight is 333 g/mol. The van der Waals surface area contributed by atoms with E-state index in [0.717, 1.165) is 0 Å². The normalized spacial score (nSPS) is 28.9. The fourth-order valence-electron chi connectivity index (χ4n) is 2.99. The fourth-order valence-corrected chi connectivity index (χ4v) is 2.99. The molecule has 4 heterocycles. The van der Waals surface area contributed by atoms with E-state index >= 15 is 0 Å². The van der Waals surface area contributed by atoms with Gasteiger partial charge in [0.1, 0.15) is 18.5 Å². The summed E-state index contributed by atoms with van der Waals surface area (Å²) in [6, 6.07) is 2.85. The SMILES string of the molecule is O=c1ccc2c3c(ncnc3n1)N([C@@H]1O[C@H](CO)[C@@H](O)C[C@H]1O)N2. The lowest BCUT2D eigenvalue weighted by Gasteiger charge is -2.41. The summed E-state index contributed by atoms with van der Waals surface area (Å²) in [5.41, 5.74) is 3.37. The molecule has 0 radical (unpaired) electrons. The molecule has 0 aliphatic carbocycles. The summed E-state index contributed by atoms with van der Waals surface area (Å²) in [5.74, 6) is 0.398. The van der Waals surface area contributed by atoms with E-state index in [2.05, 4.69) is 20.4 Å². The molecule has 0 unspecified atom stereocenters. The lowest BCUT2D eigenvalue weighted by atomic mass is 10.0. The summed E-state index contributed by atoms with van der Waals surface area (Å²) in [7, 11) is 0. The van der Waals surface area contributed by atoms with E-state index in [1.54, 1.807) is 6.07 Å². The van der Waals surface area contributed by atoms with Crippen LogP contribution in [0.4, 0.5) is 11.5 Å². The van der Waals surface area contributed by atoms with Crippen LogP contribution in [-0.2, 0) is 4.74 Å². The second-order valence-electron chi connectivity index (χ2n) is 5.69. The maximum atomic E-state index is 11.6. The molecule has 10 heteroatoms. The van der Waals surface area contributed by atoms with E-state index < -0.39 is 30.1 Å². The van der Waals surface area contributed by atoms with E-state index in [4.69, 9.17) is 4.74 Å². The molecule has 4 N–H and O–H groups in total. The predicted octanol–water partition coefficient (Wildman–Crippen LogP) is -1.64. The molecular weight excluding hydrogens is 318 g/mol. The van der Waals surface area contributed by atoms with Crippen LogP contribution in [0.5, 0.6) is 0 Å². The van der Waals surface area contributed by atoms with Crippen molar-refractivity contribution in [3.8, 4) is 0 Å². The number of nitrogens with zero attached hydrogens (tertiary/aromatic N) is 4. The molecule has 1 saturated heterocycles. The number of nitrogens with one attached hydrogen (secondary N) is 1. The molecule has 10 nitrogen and oxygen atoms in total. The third kappa shape index (κ3) is 2.27. The first-order valence-electron chi connectivity index (χ1n) is 7.43. The first kappa shape index (κ1) is 15.1. The highest BCUT2D eigenvalue weighted by Crippen LogP contribution is 2.37. The Kier molecular flexibility index (Phi) is 3.53. The minimum Gasteiger partial charge on any atom is -0.394 e. The Balaban J connectivity index is 1.78. The zero-order chi connectivity index (χ0) is 16.8. The standard InChI is InChI=1S/C14H15N5O5/c20-4-9-7(21)3-8(22)14(24-9)19-13-11-6(18-19)1-2-10(23)17-12(11)15-5-16-13/h1-2,5,7-9,14,18,20-22H,3-4H2/t7-,8+,9+,14+/m0/s1. The Morgan fingerprint density at radius 1 is 1.29 bits per heavy atom. The van der Waals surface area contributed by atoms with Gasteiger partial charge in [-0.15, -0.1) is 0 Å². The van der Waals surface area contributed by atoms with E-state index in [9.17, 15) is 20.1 Å². The average Bonchev–Trinajstić information content (AvgIpc) is 2.84. The van der Waals surface area contributed by atoms with Gasteiger partial charge in [0.15, 0.2) is 17.7 Å². The highest BCUT2D eigenvalue weighted by Gasteiger charge is 2.42. The van der Waals surface area contributed by atoms with Gasteiger partial charge in [-0.25, -0.2) is 15.0 Å². The Bertz CT molecular complexity index is 849. The number of hydrazine groups is 1. The van der Waals surface area contributed by atoms with Gasteiger partial charge >= 0.3 is 0 Å². The third-order valence-corrected chi connectivity index (χ3v) is 4.14. The maximum absolute atomic E-state index is 11.6. The molecule has 126 valence electrons. The predicted molar refractivity (Wildman–Crippen MR) is 82.1 cm³/mol. The van der Waals surface area contributed by atoms with Crippen molar-refractivity contribution in [3.05, 3.63) is 28.8 Å². The van der Waals surface area contributed by atoms with Crippen LogP contribution >= 0.6 is 0 Å². The monoisotopic (exact) mass is 333 g/mol. The summed E-state index contributed by atoms with van der Waals surface area (Å²) in [6.07, 6.45) is -2.35. The van der Waals surface area contributed by atoms with Crippen LogP contribution < -0.4 is 16.0 Å². The van der Waals surface area contributed by atoms with Crippen LogP contribution in [-0.4, -0.2) is 61.4 Å². The van der Waals surface area contributed by atoms with Gasteiger partial charge in [-0.2, -0.15) is 4.98 Å². The first-order valence-corrected chi connectivity index (χ1v) is 7.43. The number of hydrogen-bond donors (Lipinski definition) is 4. The number of aliphatic hydroxyl groups is 3. The largest absolute Gasteiger partial charge is 0.394 e. The minimum atomic E-state index is -1.01. The Hall–Kier alpha value is -2.40. The second-order valence-corrected chi connectivity index (χ2v) is 5.69. The Labute approximate surface area is 135 Å². The topological polar surface area (TPSA) is 141 Å². The van der Waals surface area contributed by atoms with Crippen LogP contribution in [0.1, 0.15) is 6.42 Å². The molecule has 2 aromatic rings. The molecule has 0 saturated carbocycles. The highest BCUT2D eigenvalue weighted by atomic mass is 16.6. The number of ether oxygens (including phenoxy) is 1. The van der Waals surface area contributed by atoms with E-state index in [-0.39, 0.29) is 18.7 Å². The molecule has 2 aliphatic heterocycles. The number of anilines is 2. The molecule has 0 spiro atoms. The van der Waals surface area contributed by atoms with Gasteiger partial charge < -0.3 is 20.1 Å². The first-order chi connectivity index (χ1) is 11.6. The zero-order valence-electron chi connectivity index (χ0n) is 12.4. The van der Waals surface area contributed by atoms with Gasteiger partial charge in [0.25, 0.3) is 5.56 Å². The van der Waals surface area contributed by atoms with Crippen LogP contribution in [0.15, 0.2) is 23.3 Å². The Morgan fingerprint density at radius 2 is 2.12 bits per heavy atom. The number of hydrogen-bond acceptors (Lipinski definition) is 10. The molecule has 0 amide bonds. The molecule has 4 atom stereocenters. The molecule has 2 aliphatic rings. The number of aliphatic hydroxyl groups excluding tert-OH is 3. The lowest BCUT2D eigenvalue weighted by Crippen LogP contribution is -2.57. The molecule has 0 bridgehead atoms. The minimum absolute atomic E-state index is 0.0510. The van der Waals surface area contributed by atoms with Crippen molar-refractivity contribution in [2.75, 3.05) is 17.0 Å². The van der Waals surface area contributed by atoms with Crippen molar-refractivity contribution >= 4 is 22.5 Å². The molecule has 0 aromatic carbocycles. The van der Waals surface area contributed by atoms with Gasteiger partial charge in [-0.05, 0) is 6.07 Å². The van der Waals surface area contributed by atoms with Gasteiger partial charge in [0, 0.05) is 12.5 Å². The second kappa shape index (κ2) is 5.60.